The number of hydrogen-bond acceptors (Lipinski definition) is 3. The number of carbonyl (C=O) groups is 2. The van der Waals surface area contributed by atoms with Gasteiger partial charge in [0.2, 0.25) is 11.8 Å². The van der Waals surface area contributed by atoms with Crippen molar-refractivity contribution in [1.82, 2.24) is 15.2 Å². The highest BCUT2D eigenvalue weighted by Crippen LogP contribution is 2.18. The number of carbonyl (C=O) groups excluding carboxylic acids is 2. The highest BCUT2D eigenvalue weighted by atomic mass is 35.5. The van der Waals surface area contributed by atoms with Crippen LogP contribution in [0.25, 0.3) is 0 Å². The monoisotopic (exact) mass is 497 g/mol. The van der Waals surface area contributed by atoms with Crippen molar-refractivity contribution in [2.24, 2.45) is 0 Å². The Bertz CT molecular complexity index is 1250. The first-order chi connectivity index (χ1) is 17.6. The largest absolute Gasteiger partial charge is 0.350 e. The fourth-order valence-corrected chi connectivity index (χ4v) is 4.15. The van der Waals surface area contributed by atoms with Crippen molar-refractivity contribution in [3.63, 3.8) is 0 Å². The van der Waals surface area contributed by atoms with E-state index in [0.29, 0.717) is 24.5 Å². The van der Waals surface area contributed by atoms with Crippen LogP contribution in [0.15, 0.2) is 109 Å². The van der Waals surface area contributed by atoms with E-state index in [2.05, 4.69) is 10.3 Å². The van der Waals surface area contributed by atoms with Gasteiger partial charge in [-0.25, -0.2) is 0 Å². The van der Waals surface area contributed by atoms with Gasteiger partial charge in [-0.15, -0.1) is 0 Å². The van der Waals surface area contributed by atoms with Crippen LogP contribution < -0.4 is 5.32 Å². The molecule has 4 rings (SSSR count). The third-order valence-electron chi connectivity index (χ3n) is 5.92. The molecular weight excluding hydrogens is 470 g/mol. The van der Waals surface area contributed by atoms with E-state index >= 15 is 0 Å². The molecular formula is C30H28ClN3O2. The summed E-state index contributed by atoms with van der Waals surface area (Å²) in [5.74, 6) is -0.327. The van der Waals surface area contributed by atoms with Gasteiger partial charge in [0.25, 0.3) is 0 Å². The maximum absolute atomic E-state index is 13.7. The van der Waals surface area contributed by atoms with E-state index in [1.165, 1.54) is 0 Å². The summed E-state index contributed by atoms with van der Waals surface area (Å²) >= 11 is 6.09. The smallest absolute Gasteiger partial charge is 0.243 e. The summed E-state index contributed by atoms with van der Waals surface area (Å²) < 4.78 is 0. The third kappa shape index (κ3) is 7.27. The number of nitrogens with zero attached hydrogens (tertiary/aromatic N) is 2. The summed E-state index contributed by atoms with van der Waals surface area (Å²) in [6.45, 7) is 0.625. The van der Waals surface area contributed by atoms with Crippen LogP contribution in [0.2, 0.25) is 5.02 Å². The van der Waals surface area contributed by atoms with Crippen molar-refractivity contribution >= 4 is 23.4 Å². The number of amides is 2. The average Bonchev–Trinajstić information content (AvgIpc) is 2.92. The van der Waals surface area contributed by atoms with Crippen LogP contribution in [0.1, 0.15) is 22.3 Å². The van der Waals surface area contributed by atoms with Crippen LogP contribution in [0.3, 0.4) is 0 Å². The quantitative estimate of drug-likeness (QED) is 0.326. The molecule has 1 heterocycles. The normalized spacial score (nSPS) is 11.5. The van der Waals surface area contributed by atoms with Gasteiger partial charge >= 0.3 is 0 Å². The molecule has 1 N–H and O–H groups in total. The molecule has 0 radical (unpaired) electrons. The van der Waals surface area contributed by atoms with Crippen molar-refractivity contribution < 1.29 is 9.59 Å². The summed E-state index contributed by atoms with van der Waals surface area (Å²) in [5.41, 5.74) is 3.67. The summed E-state index contributed by atoms with van der Waals surface area (Å²) in [6, 6.07) is 29.8. The molecule has 1 aromatic heterocycles. The van der Waals surface area contributed by atoms with E-state index in [0.717, 1.165) is 22.3 Å². The molecule has 5 nitrogen and oxygen atoms in total. The molecule has 0 aliphatic rings. The second-order valence-corrected chi connectivity index (χ2v) is 9.03. The Balaban J connectivity index is 1.63. The van der Waals surface area contributed by atoms with Crippen LogP contribution in [0.4, 0.5) is 0 Å². The predicted molar refractivity (Wildman–Crippen MR) is 142 cm³/mol. The van der Waals surface area contributed by atoms with Crippen LogP contribution in [-0.2, 0) is 35.5 Å². The molecule has 2 amide bonds. The third-order valence-corrected chi connectivity index (χ3v) is 6.18. The number of rotatable bonds is 10. The first-order valence-corrected chi connectivity index (χ1v) is 12.2. The number of hydrogen-bond donors (Lipinski definition) is 1. The van der Waals surface area contributed by atoms with Crippen LogP contribution >= 0.6 is 11.6 Å². The lowest BCUT2D eigenvalue weighted by molar-refractivity contribution is -0.140. The molecule has 182 valence electrons. The lowest BCUT2D eigenvalue weighted by atomic mass is 10.0. The molecule has 0 saturated carbocycles. The number of nitrogens with one attached hydrogen (secondary N) is 1. The Hall–Kier alpha value is -3.96. The zero-order valence-electron chi connectivity index (χ0n) is 19.9. The zero-order valence-corrected chi connectivity index (χ0v) is 20.6. The number of benzene rings is 3. The average molecular weight is 498 g/mol. The predicted octanol–water partition coefficient (Wildman–Crippen LogP) is 5.23. The second-order valence-electron chi connectivity index (χ2n) is 8.60. The standard InChI is InChI=1S/C30H28ClN3O2/c31-27-15-13-25(14-16-27)22-34(29(35)19-24-10-5-2-6-11-24)28(18-23-8-3-1-4-9-23)30(36)33-21-26-12-7-17-32-20-26/h1-17,20,28H,18-19,21-22H2,(H,33,36)/t28-/m0/s1. The van der Waals surface area contributed by atoms with Gasteiger partial charge in [-0.1, -0.05) is 90.5 Å². The van der Waals surface area contributed by atoms with Crippen molar-refractivity contribution in [2.75, 3.05) is 0 Å². The highest BCUT2D eigenvalue weighted by Gasteiger charge is 2.30. The Morgan fingerprint density at radius 3 is 2.06 bits per heavy atom. The van der Waals surface area contributed by atoms with E-state index in [-0.39, 0.29) is 18.2 Å². The summed E-state index contributed by atoms with van der Waals surface area (Å²) in [6.07, 6.45) is 4.02. The Morgan fingerprint density at radius 2 is 1.42 bits per heavy atom. The van der Waals surface area contributed by atoms with Gasteiger partial charge in [-0.3, -0.25) is 14.6 Å². The SMILES string of the molecule is O=C(NCc1cccnc1)[C@H](Cc1ccccc1)N(Cc1ccc(Cl)cc1)C(=O)Cc1ccccc1. The van der Waals surface area contributed by atoms with Crippen molar-refractivity contribution in [1.29, 1.82) is 0 Å². The molecule has 3 aromatic carbocycles. The van der Waals surface area contributed by atoms with Crippen LogP contribution in [0, 0.1) is 0 Å². The van der Waals surface area contributed by atoms with Crippen LogP contribution in [0.5, 0.6) is 0 Å². The van der Waals surface area contributed by atoms with E-state index < -0.39 is 6.04 Å². The minimum absolute atomic E-state index is 0.117. The zero-order chi connectivity index (χ0) is 25.2. The molecule has 36 heavy (non-hydrogen) atoms. The fourth-order valence-electron chi connectivity index (χ4n) is 4.02. The van der Waals surface area contributed by atoms with E-state index in [1.54, 1.807) is 29.4 Å². The van der Waals surface area contributed by atoms with Gasteiger partial charge < -0.3 is 10.2 Å². The topological polar surface area (TPSA) is 62.3 Å². The maximum atomic E-state index is 13.7. The summed E-state index contributed by atoms with van der Waals surface area (Å²) in [5, 5.41) is 3.64. The minimum Gasteiger partial charge on any atom is -0.350 e. The van der Waals surface area contributed by atoms with Crippen molar-refractivity contribution in [2.45, 2.75) is 32.0 Å². The molecule has 6 heteroatoms. The van der Waals surface area contributed by atoms with Gasteiger partial charge in [0.05, 0.1) is 6.42 Å². The van der Waals surface area contributed by atoms with E-state index in [9.17, 15) is 9.59 Å². The Morgan fingerprint density at radius 1 is 0.778 bits per heavy atom. The highest BCUT2D eigenvalue weighted by molar-refractivity contribution is 6.30. The first-order valence-electron chi connectivity index (χ1n) is 11.9. The lowest BCUT2D eigenvalue weighted by Crippen LogP contribution is -2.50. The summed E-state index contributed by atoms with van der Waals surface area (Å²) in [7, 11) is 0. The number of pyridine rings is 1. The van der Waals surface area contributed by atoms with Gasteiger partial charge in [0.1, 0.15) is 6.04 Å². The molecule has 0 bridgehead atoms. The van der Waals surface area contributed by atoms with Crippen LogP contribution in [-0.4, -0.2) is 27.7 Å². The molecule has 1 atom stereocenters. The van der Waals surface area contributed by atoms with Gasteiger partial charge in [0.15, 0.2) is 0 Å². The molecule has 0 aliphatic carbocycles. The van der Waals surface area contributed by atoms with E-state index in [4.69, 9.17) is 11.6 Å². The minimum atomic E-state index is -0.698. The van der Waals surface area contributed by atoms with Gasteiger partial charge in [0, 0.05) is 36.9 Å². The van der Waals surface area contributed by atoms with Gasteiger partial charge in [-0.2, -0.15) is 0 Å². The van der Waals surface area contributed by atoms with E-state index in [1.807, 2.05) is 84.9 Å². The second kappa shape index (κ2) is 12.7. The Labute approximate surface area is 216 Å². The maximum Gasteiger partial charge on any atom is 0.243 e. The van der Waals surface area contributed by atoms with Crippen molar-refractivity contribution in [3.8, 4) is 0 Å². The molecule has 0 spiro atoms. The molecule has 4 aromatic rings. The molecule has 0 aliphatic heterocycles. The number of halogens is 1. The number of aromatic nitrogens is 1. The fraction of sp³-hybridized carbons (Fsp3) is 0.167. The van der Waals surface area contributed by atoms with Crippen molar-refractivity contribution in [3.05, 3.63) is 137 Å². The lowest BCUT2D eigenvalue weighted by Gasteiger charge is -2.31. The molecule has 0 unspecified atom stereocenters. The Kier molecular flexibility index (Phi) is 8.84. The summed E-state index contributed by atoms with van der Waals surface area (Å²) in [4.78, 5) is 33.1. The van der Waals surface area contributed by atoms with Gasteiger partial charge in [-0.05, 0) is 40.5 Å². The molecule has 0 fully saturated rings. The first kappa shape index (κ1) is 25.1. The molecule has 0 saturated heterocycles.